The van der Waals surface area contributed by atoms with E-state index in [2.05, 4.69) is 0 Å². The highest BCUT2D eigenvalue weighted by molar-refractivity contribution is 5.74. The van der Waals surface area contributed by atoms with Crippen molar-refractivity contribution in [3.05, 3.63) is 29.8 Å². The smallest absolute Gasteiger partial charge is 0.321 e. The third-order valence-corrected chi connectivity index (χ3v) is 3.96. The van der Waals surface area contributed by atoms with Crippen molar-refractivity contribution in [3.8, 4) is 5.75 Å². The molecule has 0 aliphatic carbocycles. The van der Waals surface area contributed by atoms with E-state index in [1.807, 2.05) is 43.0 Å². The summed E-state index contributed by atoms with van der Waals surface area (Å²) in [6.07, 6.45) is 2.06. The lowest BCUT2D eigenvalue weighted by molar-refractivity contribution is -0.147. The number of benzene rings is 1. The fraction of sp³-hybridized carbons (Fsp3) is 0.562. The molecule has 1 N–H and O–H groups in total. The van der Waals surface area contributed by atoms with Crippen molar-refractivity contribution in [1.29, 1.82) is 0 Å². The lowest BCUT2D eigenvalue weighted by Gasteiger charge is -2.37. The van der Waals surface area contributed by atoms with Gasteiger partial charge in [0.25, 0.3) is 0 Å². The van der Waals surface area contributed by atoms with Gasteiger partial charge in [-0.25, -0.2) is 0 Å². The molecular weight excluding hydrogens is 254 g/mol. The van der Waals surface area contributed by atoms with E-state index in [1.54, 1.807) is 0 Å². The first-order valence-corrected chi connectivity index (χ1v) is 7.24. The number of nitrogens with zero attached hydrogens (tertiary/aromatic N) is 1. The van der Waals surface area contributed by atoms with Gasteiger partial charge in [0.1, 0.15) is 18.4 Å². The molecule has 2 rings (SSSR count). The first-order valence-electron chi connectivity index (χ1n) is 7.24. The van der Waals surface area contributed by atoms with Crippen LogP contribution in [0.1, 0.15) is 25.3 Å². The third kappa shape index (κ3) is 3.73. The molecule has 20 heavy (non-hydrogen) atoms. The Bertz CT molecular complexity index is 444. The number of hydrogen-bond acceptors (Lipinski definition) is 3. The van der Waals surface area contributed by atoms with Gasteiger partial charge in [0, 0.05) is 6.54 Å². The van der Waals surface area contributed by atoms with Gasteiger partial charge >= 0.3 is 5.97 Å². The van der Waals surface area contributed by atoms with E-state index in [0.717, 1.165) is 25.1 Å². The summed E-state index contributed by atoms with van der Waals surface area (Å²) in [4.78, 5) is 13.4. The zero-order chi connectivity index (χ0) is 14.5. The van der Waals surface area contributed by atoms with Gasteiger partial charge in [0.2, 0.25) is 0 Å². The fourth-order valence-electron chi connectivity index (χ4n) is 2.84. The van der Waals surface area contributed by atoms with Crippen LogP contribution in [0.3, 0.4) is 0 Å². The standard InChI is InChI=1S/C16H23NO3/c1-12-5-7-14(8-6-12)20-11-10-17-9-3-4-13(2)15(17)16(18)19/h5-8,13,15H,3-4,9-11H2,1-2H3,(H,18,19). The maximum absolute atomic E-state index is 11.4. The Morgan fingerprint density at radius 3 is 2.75 bits per heavy atom. The Labute approximate surface area is 120 Å². The SMILES string of the molecule is Cc1ccc(OCCN2CCCC(C)C2C(=O)O)cc1. The van der Waals surface area contributed by atoms with Gasteiger partial charge in [-0.3, -0.25) is 9.69 Å². The summed E-state index contributed by atoms with van der Waals surface area (Å²) >= 11 is 0. The molecule has 1 heterocycles. The van der Waals surface area contributed by atoms with Crippen molar-refractivity contribution in [1.82, 2.24) is 4.90 Å². The second kappa shape index (κ2) is 6.75. The van der Waals surface area contributed by atoms with E-state index in [1.165, 1.54) is 5.56 Å². The van der Waals surface area contributed by atoms with E-state index in [4.69, 9.17) is 4.74 Å². The highest BCUT2D eigenvalue weighted by atomic mass is 16.5. The van der Waals surface area contributed by atoms with E-state index in [9.17, 15) is 9.90 Å². The third-order valence-electron chi connectivity index (χ3n) is 3.96. The number of likely N-dealkylation sites (tertiary alicyclic amines) is 1. The Kier molecular flexibility index (Phi) is 5.01. The normalized spacial score (nSPS) is 23.5. The lowest BCUT2D eigenvalue weighted by Crippen LogP contribution is -2.50. The highest BCUT2D eigenvalue weighted by Crippen LogP contribution is 2.23. The van der Waals surface area contributed by atoms with E-state index < -0.39 is 5.97 Å². The van der Waals surface area contributed by atoms with Gasteiger partial charge in [0.15, 0.2) is 0 Å². The van der Waals surface area contributed by atoms with Crippen molar-refractivity contribution in [2.45, 2.75) is 32.7 Å². The second-order valence-electron chi connectivity index (χ2n) is 5.60. The molecule has 110 valence electrons. The van der Waals surface area contributed by atoms with Crippen LogP contribution >= 0.6 is 0 Å². The summed E-state index contributed by atoms with van der Waals surface area (Å²) < 4.78 is 5.69. The molecule has 1 saturated heterocycles. The number of carboxylic acid groups (broad SMARTS) is 1. The van der Waals surface area contributed by atoms with Crippen molar-refractivity contribution in [2.75, 3.05) is 19.7 Å². The first kappa shape index (κ1) is 14.9. The summed E-state index contributed by atoms with van der Waals surface area (Å²) in [5.74, 6) is 0.334. The number of aryl methyl sites for hydroxylation is 1. The van der Waals surface area contributed by atoms with Crippen LogP contribution in [0.4, 0.5) is 0 Å². The van der Waals surface area contributed by atoms with Crippen LogP contribution in [0.15, 0.2) is 24.3 Å². The predicted octanol–water partition coefficient (Wildman–Crippen LogP) is 2.56. The molecule has 0 bridgehead atoms. The van der Waals surface area contributed by atoms with Crippen molar-refractivity contribution >= 4 is 5.97 Å². The Balaban J connectivity index is 1.85. The molecule has 4 nitrogen and oxygen atoms in total. The highest BCUT2D eigenvalue weighted by Gasteiger charge is 2.33. The van der Waals surface area contributed by atoms with Crippen LogP contribution in [0.5, 0.6) is 5.75 Å². The minimum Gasteiger partial charge on any atom is -0.492 e. The Morgan fingerprint density at radius 2 is 2.10 bits per heavy atom. The van der Waals surface area contributed by atoms with E-state index in [0.29, 0.717) is 13.2 Å². The summed E-state index contributed by atoms with van der Waals surface area (Å²) in [6, 6.07) is 7.55. The lowest BCUT2D eigenvalue weighted by atomic mass is 9.91. The molecule has 0 spiro atoms. The van der Waals surface area contributed by atoms with Crippen LogP contribution in [0.25, 0.3) is 0 Å². The van der Waals surface area contributed by atoms with Gasteiger partial charge in [-0.1, -0.05) is 24.6 Å². The topological polar surface area (TPSA) is 49.8 Å². The minimum absolute atomic E-state index is 0.209. The summed E-state index contributed by atoms with van der Waals surface area (Å²) in [5, 5.41) is 9.34. The van der Waals surface area contributed by atoms with Gasteiger partial charge in [-0.05, 0) is 44.4 Å². The molecule has 1 fully saturated rings. The molecule has 1 aliphatic rings. The Hall–Kier alpha value is -1.55. The molecular formula is C16H23NO3. The summed E-state index contributed by atoms with van der Waals surface area (Å²) in [6.45, 7) is 6.09. The number of carbonyl (C=O) groups is 1. The average Bonchev–Trinajstić information content (AvgIpc) is 2.40. The number of hydrogen-bond donors (Lipinski definition) is 1. The molecule has 2 unspecified atom stereocenters. The average molecular weight is 277 g/mol. The number of carboxylic acids is 1. The monoisotopic (exact) mass is 277 g/mol. The van der Waals surface area contributed by atoms with Crippen LogP contribution in [0.2, 0.25) is 0 Å². The Morgan fingerprint density at radius 1 is 1.40 bits per heavy atom. The summed E-state index contributed by atoms with van der Waals surface area (Å²) in [7, 11) is 0. The molecule has 0 saturated carbocycles. The van der Waals surface area contributed by atoms with Crippen molar-refractivity contribution < 1.29 is 14.6 Å². The molecule has 4 heteroatoms. The van der Waals surface area contributed by atoms with E-state index in [-0.39, 0.29) is 12.0 Å². The van der Waals surface area contributed by atoms with Gasteiger partial charge < -0.3 is 9.84 Å². The van der Waals surface area contributed by atoms with Gasteiger partial charge in [-0.15, -0.1) is 0 Å². The van der Waals surface area contributed by atoms with Gasteiger partial charge in [0.05, 0.1) is 0 Å². The molecule has 0 aromatic heterocycles. The van der Waals surface area contributed by atoms with Crippen LogP contribution < -0.4 is 4.74 Å². The second-order valence-corrected chi connectivity index (χ2v) is 5.60. The van der Waals surface area contributed by atoms with Crippen LogP contribution in [0, 0.1) is 12.8 Å². The molecule has 1 aromatic rings. The zero-order valence-corrected chi connectivity index (χ0v) is 12.2. The fourth-order valence-corrected chi connectivity index (χ4v) is 2.84. The van der Waals surface area contributed by atoms with E-state index >= 15 is 0 Å². The largest absolute Gasteiger partial charge is 0.492 e. The first-order chi connectivity index (χ1) is 9.58. The predicted molar refractivity (Wildman–Crippen MR) is 78.1 cm³/mol. The maximum Gasteiger partial charge on any atom is 0.321 e. The molecule has 0 radical (unpaired) electrons. The molecule has 0 amide bonds. The zero-order valence-electron chi connectivity index (χ0n) is 12.2. The molecule has 1 aliphatic heterocycles. The quantitative estimate of drug-likeness (QED) is 0.898. The molecule has 1 aromatic carbocycles. The summed E-state index contributed by atoms with van der Waals surface area (Å²) in [5.41, 5.74) is 1.20. The maximum atomic E-state index is 11.4. The van der Waals surface area contributed by atoms with Crippen LogP contribution in [-0.4, -0.2) is 41.7 Å². The van der Waals surface area contributed by atoms with Gasteiger partial charge in [-0.2, -0.15) is 0 Å². The van der Waals surface area contributed by atoms with Crippen molar-refractivity contribution in [2.24, 2.45) is 5.92 Å². The van der Waals surface area contributed by atoms with Crippen molar-refractivity contribution in [3.63, 3.8) is 0 Å². The number of piperidine rings is 1. The number of ether oxygens (including phenoxy) is 1. The molecule has 2 atom stereocenters. The number of rotatable bonds is 5. The van der Waals surface area contributed by atoms with Crippen LogP contribution in [-0.2, 0) is 4.79 Å². The minimum atomic E-state index is -0.715. The number of aliphatic carboxylic acids is 1.